The predicted octanol–water partition coefficient (Wildman–Crippen LogP) is 5.07. The van der Waals surface area contributed by atoms with Gasteiger partial charge in [-0.15, -0.1) is 10.2 Å². The second kappa shape index (κ2) is 6.66. The van der Waals surface area contributed by atoms with Crippen LogP contribution in [-0.2, 0) is 6.18 Å². The first-order chi connectivity index (χ1) is 13.3. The molecule has 6 nitrogen and oxygen atoms in total. The zero-order chi connectivity index (χ0) is 19.9. The molecular weight excluding hydrogens is 375 g/mol. The number of hydrogen-bond donors (Lipinski definition) is 2. The molecule has 144 valence electrons. The summed E-state index contributed by atoms with van der Waals surface area (Å²) in [5, 5.41) is 20.2. The van der Waals surface area contributed by atoms with Crippen LogP contribution in [0.1, 0.15) is 40.6 Å². The number of aromatic nitrogens is 2. The summed E-state index contributed by atoms with van der Waals surface area (Å²) in [5.41, 5.74) is 0.471. The standard InChI is InChI=1S/C19H14F3N3O3/c20-19(21,22)12-4-6-13(7-5-12)23-15-8-3-11(18(26)27)9-14(15)17-25-24-16(28-17)10-1-2-10/h3-10,23H,1-2H2,(H,26,27). The molecule has 0 saturated heterocycles. The summed E-state index contributed by atoms with van der Waals surface area (Å²) in [4.78, 5) is 11.3. The molecule has 28 heavy (non-hydrogen) atoms. The number of carboxylic acids is 1. The molecule has 1 aromatic heterocycles. The number of alkyl halides is 3. The fourth-order valence-corrected chi connectivity index (χ4v) is 2.70. The summed E-state index contributed by atoms with van der Waals surface area (Å²) < 4.78 is 43.8. The van der Waals surface area contributed by atoms with Gasteiger partial charge in [0.15, 0.2) is 0 Å². The van der Waals surface area contributed by atoms with Crippen molar-refractivity contribution in [2.45, 2.75) is 24.9 Å². The average Bonchev–Trinajstić information content (AvgIpc) is 3.39. The van der Waals surface area contributed by atoms with Gasteiger partial charge in [-0.25, -0.2) is 4.79 Å². The Labute approximate surface area is 157 Å². The minimum atomic E-state index is -4.42. The van der Waals surface area contributed by atoms with E-state index in [1.807, 2.05) is 0 Å². The van der Waals surface area contributed by atoms with Crippen molar-refractivity contribution in [3.05, 3.63) is 59.5 Å². The summed E-state index contributed by atoms with van der Waals surface area (Å²) in [7, 11) is 0. The van der Waals surface area contributed by atoms with Gasteiger partial charge in [0.1, 0.15) is 0 Å². The highest BCUT2D eigenvalue weighted by molar-refractivity contribution is 5.91. The lowest BCUT2D eigenvalue weighted by molar-refractivity contribution is -0.137. The molecule has 0 bridgehead atoms. The van der Waals surface area contributed by atoms with Gasteiger partial charge in [-0.1, -0.05) is 0 Å². The zero-order valence-corrected chi connectivity index (χ0v) is 14.3. The Bertz CT molecular complexity index is 1020. The van der Waals surface area contributed by atoms with Gasteiger partial charge in [-0.3, -0.25) is 0 Å². The largest absolute Gasteiger partial charge is 0.478 e. The molecule has 9 heteroatoms. The summed E-state index contributed by atoms with van der Waals surface area (Å²) in [6, 6.07) is 8.80. The van der Waals surface area contributed by atoms with Crippen molar-refractivity contribution in [2.75, 3.05) is 5.32 Å². The third kappa shape index (κ3) is 3.68. The molecule has 1 aliphatic carbocycles. The van der Waals surface area contributed by atoms with Crippen LogP contribution in [0.15, 0.2) is 46.9 Å². The van der Waals surface area contributed by atoms with Crippen molar-refractivity contribution in [1.82, 2.24) is 10.2 Å². The molecule has 0 aliphatic heterocycles. The maximum Gasteiger partial charge on any atom is 0.416 e. The maximum absolute atomic E-state index is 12.7. The normalized spacial score (nSPS) is 14.1. The van der Waals surface area contributed by atoms with Crippen molar-refractivity contribution in [2.24, 2.45) is 0 Å². The third-order valence-electron chi connectivity index (χ3n) is 4.36. The molecule has 2 N–H and O–H groups in total. The fourth-order valence-electron chi connectivity index (χ4n) is 2.70. The molecule has 1 saturated carbocycles. The summed E-state index contributed by atoms with van der Waals surface area (Å²) in [5.74, 6) is -0.241. The first-order valence-electron chi connectivity index (χ1n) is 8.46. The van der Waals surface area contributed by atoms with Crippen molar-refractivity contribution in [3.8, 4) is 11.5 Å². The van der Waals surface area contributed by atoms with Crippen molar-refractivity contribution >= 4 is 17.3 Å². The number of carbonyl (C=O) groups is 1. The van der Waals surface area contributed by atoms with Gasteiger partial charge < -0.3 is 14.8 Å². The molecule has 0 amide bonds. The van der Waals surface area contributed by atoms with Crippen LogP contribution in [0.25, 0.3) is 11.5 Å². The average molecular weight is 389 g/mol. The number of halogens is 3. The van der Waals surface area contributed by atoms with Gasteiger partial charge in [0.05, 0.1) is 22.4 Å². The number of hydrogen-bond acceptors (Lipinski definition) is 5. The smallest absolute Gasteiger partial charge is 0.416 e. The number of aromatic carboxylic acids is 1. The minimum Gasteiger partial charge on any atom is -0.478 e. The molecule has 0 radical (unpaired) electrons. The molecule has 0 unspecified atom stereocenters. The quantitative estimate of drug-likeness (QED) is 0.633. The summed E-state index contributed by atoms with van der Waals surface area (Å²) in [6.45, 7) is 0. The lowest BCUT2D eigenvalue weighted by Gasteiger charge is -2.12. The number of benzene rings is 2. The molecule has 0 atom stereocenters. The highest BCUT2D eigenvalue weighted by Crippen LogP contribution is 2.41. The van der Waals surface area contributed by atoms with Gasteiger partial charge in [0.25, 0.3) is 0 Å². The monoisotopic (exact) mass is 389 g/mol. The van der Waals surface area contributed by atoms with Gasteiger partial charge in [0.2, 0.25) is 11.8 Å². The zero-order valence-electron chi connectivity index (χ0n) is 14.3. The van der Waals surface area contributed by atoms with E-state index < -0.39 is 17.7 Å². The highest BCUT2D eigenvalue weighted by atomic mass is 19.4. The van der Waals surface area contributed by atoms with Gasteiger partial charge in [0, 0.05) is 11.6 Å². The van der Waals surface area contributed by atoms with Crippen LogP contribution in [-0.4, -0.2) is 21.3 Å². The van der Waals surface area contributed by atoms with Gasteiger partial charge in [-0.2, -0.15) is 13.2 Å². The maximum atomic E-state index is 12.7. The van der Waals surface area contributed by atoms with E-state index in [-0.39, 0.29) is 17.4 Å². The molecule has 1 fully saturated rings. The van der Waals surface area contributed by atoms with E-state index in [1.165, 1.54) is 30.3 Å². The number of carboxylic acid groups (broad SMARTS) is 1. The van der Waals surface area contributed by atoms with Crippen LogP contribution < -0.4 is 5.32 Å². The Balaban J connectivity index is 1.68. The summed E-state index contributed by atoms with van der Waals surface area (Å²) >= 11 is 0. The first kappa shape index (κ1) is 18.0. The van der Waals surface area contributed by atoms with E-state index >= 15 is 0 Å². The van der Waals surface area contributed by atoms with E-state index in [0.717, 1.165) is 25.0 Å². The Hall–Kier alpha value is -3.36. The van der Waals surface area contributed by atoms with Crippen molar-refractivity contribution in [1.29, 1.82) is 0 Å². The molecule has 0 spiro atoms. The molecular formula is C19H14F3N3O3. The lowest BCUT2D eigenvalue weighted by atomic mass is 10.1. The van der Waals surface area contributed by atoms with E-state index in [1.54, 1.807) is 0 Å². The highest BCUT2D eigenvalue weighted by Gasteiger charge is 2.31. The summed E-state index contributed by atoms with van der Waals surface area (Å²) in [6.07, 6.45) is -2.49. The molecule has 3 aromatic rings. The van der Waals surface area contributed by atoms with E-state index in [0.29, 0.717) is 22.8 Å². The van der Waals surface area contributed by atoms with Crippen molar-refractivity contribution in [3.63, 3.8) is 0 Å². The minimum absolute atomic E-state index is 0.0270. The third-order valence-corrected chi connectivity index (χ3v) is 4.36. The predicted molar refractivity (Wildman–Crippen MR) is 93.4 cm³/mol. The number of rotatable bonds is 5. The molecule has 1 aliphatic rings. The van der Waals surface area contributed by atoms with Crippen molar-refractivity contribution < 1.29 is 27.5 Å². The fraction of sp³-hybridized carbons (Fsp3) is 0.211. The second-order valence-corrected chi connectivity index (χ2v) is 6.49. The van der Waals surface area contributed by atoms with Crippen LogP contribution in [0.5, 0.6) is 0 Å². The van der Waals surface area contributed by atoms with E-state index in [2.05, 4.69) is 15.5 Å². The van der Waals surface area contributed by atoms with Gasteiger partial charge in [-0.05, 0) is 55.3 Å². The van der Waals surface area contributed by atoms with Crippen LogP contribution in [0.2, 0.25) is 0 Å². The van der Waals surface area contributed by atoms with Gasteiger partial charge >= 0.3 is 12.1 Å². The number of nitrogens with zero attached hydrogens (tertiary/aromatic N) is 2. The van der Waals surface area contributed by atoms with Crippen LogP contribution in [0, 0.1) is 0 Å². The first-order valence-corrected chi connectivity index (χ1v) is 8.46. The number of anilines is 2. The molecule has 4 rings (SSSR count). The molecule has 1 heterocycles. The SMILES string of the molecule is O=C(O)c1ccc(Nc2ccc(C(F)(F)F)cc2)c(-c2nnc(C3CC3)o2)c1. The Morgan fingerprint density at radius 3 is 2.43 bits per heavy atom. The Morgan fingerprint density at radius 1 is 1.11 bits per heavy atom. The Kier molecular flexibility index (Phi) is 4.29. The van der Waals surface area contributed by atoms with Crippen LogP contribution in [0.3, 0.4) is 0 Å². The number of nitrogens with one attached hydrogen (secondary N) is 1. The van der Waals surface area contributed by atoms with E-state index in [9.17, 15) is 23.1 Å². The topological polar surface area (TPSA) is 88.2 Å². The van der Waals surface area contributed by atoms with E-state index in [4.69, 9.17) is 4.42 Å². The Morgan fingerprint density at radius 2 is 1.82 bits per heavy atom. The van der Waals surface area contributed by atoms with Crippen LogP contribution in [0.4, 0.5) is 24.5 Å². The second-order valence-electron chi connectivity index (χ2n) is 6.49. The van der Waals surface area contributed by atoms with Crippen LogP contribution >= 0.6 is 0 Å². The lowest BCUT2D eigenvalue weighted by Crippen LogP contribution is -2.04. The molecule has 2 aromatic carbocycles.